The van der Waals surface area contributed by atoms with E-state index in [1.165, 1.54) is 23.4 Å². The zero-order valence-corrected chi connectivity index (χ0v) is 10.7. The zero-order valence-electron chi connectivity index (χ0n) is 9.84. The third kappa shape index (κ3) is 2.17. The highest BCUT2D eigenvalue weighted by Gasteiger charge is 2.26. The molecule has 1 aromatic heterocycles. The molecular formula is C12H20N2S. The van der Waals surface area contributed by atoms with Crippen molar-refractivity contribution in [3.05, 3.63) is 10.6 Å². The van der Waals surface area contributed by atoms with Crippen LogP contribution in [-0.4, -0.2) is 11.5 Å². The number of nitrogens with one attached hydrogen (secondary N) is 1. The predicted molar refractivity (Wildman–Crippen MR) is 67.0 cm³/mol. The van der Waals surface area contributed by atoms with Crippen LogP contribution < -0.4 is 5.32 Å². The third-order valence-corrected chi connectivity index (χ3v) is 4.41. The molecule has 2 rings (SSSR count). The fraction of sp³-hybridized carbons (Fsp3) is 0.750. The van der Waals surface area contributed by atoms with Crippen molar-refractivity contribution in [3.63, 3.8) is 0 Å². The van der Waals surface area contributed by atoms with Gasteiger partial charge in [-0.15, -0.1) is 11.3 Å². The summed E-state index contributed by atoms with van der Waals surface area (Å²) in [5.41, 5.74) is 1.36. The van der Waals surface area contributed by atoms with Crippen molar-refractivity contribution in [2.24, 2.45) is 0 Å². The van der Waals surface area contributed by atoms with Crippen LogP contribution in [0.2, 0.25) is 0 Å². The molecule has 2 nitrogen and oxygen atoms in total. The summed E-state index contributed by atoms with van der Waals surface area (Å²) in [6.45, 7) is 7.85. The van der Waals surface area contributed by atoms with Gasteiger partial charge in [-0.1, -0.05) is 20.8 Å². The summed E-state index contributed by atoms with van der Waals surface area (Å²) in [5, 5.41) is 4.53. The monoisotopic (exact) mass is 224 g/mol. The summed E-state index contributed by atoms with van der Waals surface area (Å²) in [6.07, 6.45) is 3.78. The fourth-order valence-electron chi connectivity index (χ4n) is 2.13. The fourth-order valence-corrected chi connectivity index (χ4v) is 3.32. The van der Waals surface area contributed by atoms with Gasteiger partial charge in [-0.25, -0.2) is 4.98 Å². The van der Waals surface area contributed by atoms with Gasteiger partial charge in [0.25, 0.3) is 0 Å². The van der Waals surface area contributed by atoms with E-state index in [9.17, 15) is 0 Å². The van der Waals surface area contributed by atoms with Crippen LogP contribution in [0, 0.1) is 0 Å². The first-order valence-electron chi connectivity index (χ1n) is 5.96. The Morgan fingerprint density at radius 1 is 1.33 bits per heavy atom. The van der Waals surface area contributed by atoms with Crippen LogP contribution >= 0.6 is 11.3 Å². The summed E-state index contributed by atoms with van der Waals surface area (Å²) in [5.74, 6) is 1.37. The molecule has 0 fully saturated rings. The molecule has 1 aliphatic rings. The van der Waals surface area contributed by atoms with E-state index < -0.39 is 0 Å². The molecule has 84 valence electrons. The quantitative estimate of drug-likeness (QED) is 0.840. The van der Waals surface area contributed by atoms with E-state index in [4.69, 9.17) is 4.98 Å². The molecule has 15 heavy (non-hydrogen) atoms. The second kappa shape index (κ2) is 4.52. The Morgan fingerprint density at radius 2 is 2.07 bits per heavy atom. The van der Waals surface area contributed by atoms with Crippen LogP contribution in [0.1, 0.15) is 62.4 Å². The molecule has 0 amide bonds. The minimum Gasteiger partial charge on any atom is -0.362 e. The van der Waals surface area contributed by atoms with Crippen molar-refractivity contribution in [3.8, 4) is 0 Å². The largest absolute Gasteiger partial charge is 0.362 e. The van der Waals surface area contributed by atoms with Crippen LogP contribution in [0.25, 0.3) is 0 Å². The van der Waals surface area contributed by atoms with Gasteiger partial charge in [0.2, 0.25) is 0 Å². The number of thiazole rings is 1. The molecule has 2 atom stereocenters. The van der Waals surface area contributed by atoms with Gasteiger partial charge >= 0.3 is 0 Å². The highest BCUT2D eigenvalue weighted by molar-refractivity contribution is 7.15. The number of nitrogens with zero attached hydrogens (tertiary/aromatic N) is 1. The number of fused-ring (bicyclic) bond motifs is 1. The number of hydrogen-bond donors (Lipinski definition) is 1. The van der Waals surface area contributed by atoms with Crippen LogP contribution in [-0.2, 0) is 0 Å². The maximum atomic E-state index is 4.73. The smallest absolute Gasteiger partial charge is 0.183 e. The van der Waals surface area contributed by atoms with Gasteiger partial charge in [-0.2, -0.15) is 0 Å². The molecule has 0 bridgehead atoms. The van der Waals surface area contributed by atoms with Crippen LogP contribution in [0.5, 0.6) is 0 Å². The average Bonchev–Trinajstić information content (AvgIpc) is 2.66. The Labute approximate surface area is 96.1 Å². The maximum absolute atomic E-state index is 4.73. The van der Waals surface area contributed by atoms with E-state index in [-0.39, 0.29) is 0 Å². The van der Waals surface area contributed by atoms with Crippen molar-refractivity contribution in [2.45, 2.75) is 51.9 Å². The van der Waals surface area contributed by atoms with Crippen molar-refractivity contribution in [1.29, 1.82) is 0 Å². The standard InChI is InChI=1S/C12H20N2S/c1-4-7-13-12-14-10-8(2)5-6-9(3)11(10)15-12/h8-9H,4-7H2,1-3H3,(H,13,14). The second-order valence-corrected chi connectivity index (χ2v) is 5.61. The Hall–Kier alpha value is -0.570. The molecule has 1 aliphatic carbocycles. The van der Waals surface area contributed by atoms with Gasteiger partial charge in [0.05, 0.1) is 5.69 Å². The molecule has 2 unspecified atom stereocenters. The molecule has 0 saturated carbocycles. The van der Waals surface area contributed by atoms with Gasteiger partial charge < -0.3 is 5.32 Å². The highest BCUT2D eigenvalue weighted by Crippen LogP contribution is 2.42. The SMILES string of the molecule is CCCNc1nc2c(s1)C(C)CCC2C. The lowest BCUT2D eigenvalue weighted by molar-refractivity contribution is 0.526. The Kier molecular flexibility index (Phi) is 3.29. The maximum Gasteiger partial charge on any atom is 0.183 e. The first-order chi connectivity index (χ1) is 7.22. The van der Waals surface area contributed by atoms with Gasteiger partial charge in [0.15, 0.2) is 5.13 Å². The Balaban J connectivity index is 2.20. The molecular weight excluding hydrogens is 204 g/mol. The Bertz CT molecular complexity index is 305. The lowest BCUT2D eigenvalue weighted by atomic mass is 9.86. The van der Waals surface area contributed by atoms with Gasteiger partial charge in [0.1, 0.15) is 0 Å². The molecule has 0 radical (unpaired) electrons. The predicted octanol–water partition coefficient (Wildman–Crippen LogP) is 3.97. The van der Waals surface area contributed by atoms with E-state index in [2.05, 4.69) is 26.1 Å². The average molecular weight is 224 g/mol. The highest BCUT2D eigenvalue weighted by atomic mass is 32.1. The molecule has 1 aromatic rings. The zero-order chi connectivity index (χ0) is 10.8. The summed E-state index contributed by atoms with van der Waals surface area (Å²) in [4.78, 5) is 6.25. The summed E-state index contributed by atoms with van der Waals surface area (Å²) in [6, 6.07) is 0. The van der Waals surface area contributed by atoms with Crippen LogP contribution in [0.3, 0.4) is 0 Å². The second-order valence-electron chi connectivity index (χ2n) is 4.57. The first kappa shape index (κ1) is 10.9. The number of rotatable bonds is 3. The van der Waals surface area contributed by atoms with E-state index in [1.54, 1.807) is 0 Å². The van der Waals surface area contributed by atoms with E-state index in [1.807, 2.05) is 11.3 Å². The molecule has 1 heterocycles. The molecule has 1 N–H and O–H groups in total. The lowest BCUT2D eigenvalue weighted by Crippen LogP contribution is -2.08. The first-order valence-corrected chi connectivity index (χ1v) is 6.78. The lowest BCUT2D eigenvalue weighted by Gasteiger charge is -2.21. The van der Waals surface area contributed by atoms with E-state index in [0.29, 0.717) is 11.8 Å². The molecule has 3 heteroatoms. The van der Waals surface area contributed by atoms with Crippen LogP contribution in [0.15, 0.2) is 0 Å². The topological polar surface area (TPSA) is 24.9 Å². The van der Waals surface area contributed by atoms with Crippen molar-refractivity contribution >= 4 is 16.5 Å². The summed E-state index contributed by atoms with van der Waals surface area (Å²) in [7, 11) is 0. The minimum atomic E-state index is 0.657. The van der Waals surface area contributed by atoms with Crippen molar-refractivity contribution in [1.82, 2.24) is 4.98 Å². The summed E-state index contributed by atoms with van der Waals surface area (Å²) < 4.78 is 0. The molecule has 0 saturated heterocycles. The van der Waals surface area contributed by atoms with Crippen molar-refractivity contribution in [2.75, 3.05) is 11.9 Å². The van der Waals surface area contributed by atoms with Crippen molar-refractivity contribution < 1.29 is 0 Å². The normalized spacial score (nSPS) is 25.0. The minimum absolute atomic E-state index is 0.657. The number of aromatic nitrogens is 1. The summed E-state index contributed by atoms with van der Waals surface area (Å²) >= 11 is 1.86. The number of anilines is 1. The van der Waals surface area contributed by atoms with Crippen LogP contribution in [0.4, 0.5) is 5.13 Å². The van der Waals surface area contributed by atoms with Gasteiger partial charge in [-0.05, 0) is 31.1 Å². The molecule has 0 aliphatic heterocycles. The molecule has 0 aromatic carbocycles. The van der Waals surface area contributed by atoms with Gasteiger partial charge in [-0.3, -0.25) is 0 Å². The third-order valence-electron chi connectivity index (χ3n) is 3.15. The molecule has 0 spiro atoms. The number of hydrogen-bond acceptors (Lipinski definition) is 3. The van der Waals surface area contributed by atoms with E-state index in [0.717, 1.165) is 18.1 Å². The van der Waals surface area contributed by atoms with E-state index >= 15 is 0 Å². The van der Waals surface area contributed by atoms with Gasteiger partial charge in [0, 0.05) is 11.4 Å². The Morgan fingerprint density at radius 3 is 2.73 bits per heavy atom.